The van der Waals surface area contributed by atoms with Crippen molar-refractivity contribution in [3.05, 3.63) is 57.8 Å². The molecule has 8 nitrogen and oxygen atoms in total. The largest absolute Gasteiger partial charge is 0.416 e. The van der Waals surface area contributed by atoms with E-state index < -0.39 is 23.3 Å². The van der Waals surface area contributed by atoms with Crippen LogP contribution < -0.4 is 11.0 Å². The van der Waals surface area contributed by atoms with Gasteiger partial charge in [-0.1, -0.05) is 17.3 Å². The molecule has 1 aliphatic rings. The summed E-state index contributed by atoms with van der Waals surface area (Å²) in [6, 6.07) is 6.15. The number of hydrogen-bond donors (Lipinski definition) is 1. The number of nitrogens with zero attached hydrogens (tertiary/aromatic N) is 4. The Hall–Kier alpha value is -3.37. The minimum Gasteiger partial charge on any atom is -0.361 e. The second-order valence-electron chi connectivity index (χ2n) is 7.09. The number of aryl methyl sites for hydroxylation is 1. The maximum atomic E-state index is 13.1. The zero-order valence-corrected chi connectivity index (χ0v) is 15.9. The summed E-state index contributed by atoms with van der Waals surface area (Å²) in [5, 5.41) is 10.5. The molecule has 1 aliphatic carbocycles. The van der Waals surface area contributed by atoms with Gasteiger partial charge < -0.3 is 9.84 Å². The molecule has 0 spiro atoms. The van der Waals surface area contributed by atoms with Crippen LogP contribution in [0.3, 0.4) is 0 Å². The van der Waals surface area contributed by atoms with Crippen molar-refractivity contribution in [2.45, 2.75) is 38.5 Å². The van der Waals surface area contributed by atoms with Crippen LogP contribution in [-0.4, -0.2) is 32.0 Å². The molecule has 4 rings (SSSR count). The molecule has 0 bridgehead atoms. The Kier molecular flexibility index (Phi) is 4.96. The fraction of sp³-hybridized carbons (Fsp3) is 0.368. The van der Waals surface area contributed by atoms with Crippen molar-refractivity contribution in [1.29, 1.82) is 0 Å². The first kappa shape index (κ1) is 19.9. The highest BCUT2D eigenvalue weighted by molar-refractivity contribution is 5.92. The molecule has 2 heterocycles. The third-order valence-corrected chi connectivity index (χ3v) is 4.70. The van der Waals surface area contributed by atoms with Crippen LogP contribution in [0.25, 0.3) is 11.4 Å². The van der Waals surface area contributed by atoms with E-state index in [0.717, 1.165) is 29.7 Å². The number of carbonyl (C=O) groups is 1. The highest BCUT2D eigenvalue weighted by Gasteiger charge is 2.33. The first-order chi connectivity index (χ1) is 14.2. The van der Waals surface area contributed by atoms with Gasteiger partial charge in [-0.15, -0.1) is 5.10 Å². The number of benzene rings is 1. The lowest BCUT2D eigenvalue weighted by atomic mass is 10.1. The molecule has 158 valence electrons. The highest BCUT2D eigenvalue weighted by atomic mass is 19.4. The van der Waals surface area contributed by atoms with E-state index in [1.807, 2.05) is 0 Å². The lowest BCUT2D eigenvalue weighted by Crippen LogP contribution is -2.32. The zero-order valence-electron chi connectivity index (χ0n) is 15.9. The second-order valence-corrected chi connectivity index (χ2v) is 7.09. The average molecular weight is 421 g/mol. The molecule has 1 aromatic carbocycles. The van der Waals surface area contributed by atoms with Gasteiger partial charge in [-0.2, -0.15) is 13.2 Å². The first-order valence-corrected chi connectivity index (χ1v) is 9.32. The van der Waals surface area contributed by atoms with Crippen LogP contribution in [0.15, 0.2) is 39.6 Å². The van der Waals surface area contributed by atoms with Gasteiger partial charge in [0.15, 0.2) is 11.5 Å². The molecule has 3 aromatic rings. The van der Waals surface area contributed by atoms with Gasteiger partial charge in [-0.05, 0) is 31.9 Å². The second kappa shape index (κ2) is 7.47. The van der Waals surface area contributed by atoms with E-state index in [1.54, 1.807) is 6.92 Å². The average Bonchev–Trinajstić information content (AvgIpc) is 3.35. The molecule has 1 saturated carbocycles. The molecular weight excluding hydrogens is 403 g/mol. The number of alkyl halides is 3. The molecule has 2 aromatic heterocycles. The van der Waals surface area contributed by atoms with E-state index in [0.29, 0.717) is 5.76 Å². The molecule has 0 aliphatic heterocycles. The fourth-order valence-electron chi connectivity index (χ4n) is 3.10. The molecule has 0 atom stereocenters. The van der Waals surface area contributed by atoms with Crippen molar-refractivity contribution < 1.29 is 22.5 Å². The molecule has 1 amide bonds. The Labute approximate surface area is 168 Å². The monoisotopic (exact) mass is 421 g/mol. The summed E-state index contributed by atoms with van der Waals surface area (Å²) in [7, 11) is 0. The lowest BCUT2D eigenvalue weighted by molar-refractivity contribution is -0.137. The van der Waals surface area contributed by atoms with Crippen LogP contribution >= 0.6 is 0 Å². The SMILES string of the molecule is Cc1cc(C(=O)NCCn2nc(-c3cccc(C(F)(F)F)c3)n(C3CC3)c2=O)no1. The van der Waals surface area contributed by atoms with Crippen LogP contribution in [0.2, 0.25) is 0 Å². The van der Waals surface area contributed by atoms with Gasteiger partial charge in [-0.3, -0.25) is 9.36 Å². The van der Waals surface area contributed by atoms with Crippen LogP contribution in [0.1, 0.15) is 40.7 Å². The summed E-state index contributed by atoms with van der Waals surface area (Å²) < 4.78 is 46.7. The molecule has 1 fully saturated rings. The summed E-state index contributed by atoms with van der Waals surface area (Å²) in [6.07, 6.45) is -2.97. The Morgan fingerprint density at radius 3 is 2.70 bits per heavy atom. The Morgan fingerprint density at radius 2 is 2.07 bits per heavy atom. The fourth-order valence-corrected chi connectivity index (χ4v) is 3.10. The van der Waals surface area contributed by atoms with Crippen molar-refractivity contribution in [2.75, 3.05) is 6.54 Å². The Balaban J connectivity index is 1.56. The van der Waals surface area contributed by atoms with E-state index in [2.05, 4.69) is 15.6 Å². The minimum absolute atomic E-state index is 0.0626. The van der Waals surface area contributed by atoms with Gasteiger partial charge in [0.1, 0.15) is 5.76 Å². The molecule has 30 heavy (non-hydrogen) atoms. The summed E-state index contributed by atoms with van der Waals surface area (Å²) >= 11 is 0. The Morgan fingerprint density at radius 1 is 1.30 bits per heavy atom. The summed E-state index contributed by atoms with van der Waals surface area (Å²) in [4.78, 5) is 24.8. The summed E-state index contributed by atoms with van der Waals surface area (Å²) in [5.74, 6) is 0.219. The molecular formula is C19H18F3N5O3. The number of hydrogen-bond acceptors (Lipinski definition) is 5. The van der Waals surface area contributed by atoms with Gasteiger partial charge in [-0.25, -0.2) is 9.48 Å². The van der Waals surface area contributed by atoms with E-state index >= 15 is 0 Å². The summed E-state index contributed by atoms with van der Waals surface area (Å²) in [6.45, 7) is 1.81. The van der Waals surface area contributed by atoms with E-state index in [-0.39, 0.29) is 36.2 Å². The zero-order chi connectivity index (χ0) is 21.5. The Bertz CT molecular complexity index is 1140. The van der Waals surface area contributed by atoms with Crippen molar-refractivity contribution in [3.63, 3.8) is 0 Å². The lowest BCUT2D eigenvalue weighted by Gasteiger charge is -2.09. The van der Waals surface area contributed by atoms with Crippen molar-refractivity contribution in [2.24, 2.45) is 0 Å². The van der Waals surface area contributed by atoms with Crippen LogP contribution in [-0.2, 0) is 12.7 Å². The number of aromatic nitrogens is 4. The van der Waals surface area contributed by atoms with Gasteiger partial charge in [0.25, 0.3) is 5.91 Å². The predicted octanol–water partition coefficient (Wildman–Crippen LogP) is 2.79. The maximum Gasteiger partial charge on any atom is 0.416 e. The van der Waals surface area contributed by atoms with Crippen molar-refractivity contribution in [1.82, 2.24) is 24.8 Å². The molecule has 11 heteroatoms. The standard InChI is InChI=1S/C19H18F3N5O3/c1-11-9-15(25-30-11)17(28)23-7-8-26-18(29)27(14-5-6-14)16(24-26)12-3-2-4-13(10-12)19(20,21)22/h2-4,9-10,14H,5-8H2,1H3,(H,23,28). The van der Waals surface area contributed by atoms with E-state index in [4.69, 9.17) is 4.52 Å². The maximum absolute atomic E-state index is 13.1. The third kappa shape index (κ3) is 4.00. The van der Waals surface area contributed by atoms with Crippen LogP contribution in [0.4, 0.5) is 13.2 Å². The number of amides is 1. The smallest absolute Gasteiger partial charge is 0.361 e. The predicted molar refractivity (Wildman–Crippen MR) is 98.8 cm³/mol. The third-order valence-electron chi connectivity index (χ3n) is 4.70. The van der Waals surface area contributed by atoms with Crippen LogP contribution in [0, 0.1) is 6.92 Å². The molecule has 0 radical (unpaired) electrons. The van der Waals surface area contributed by atoms with Gasteiger partial charge in [0.05, 0.1) is 12.1 Å². The van der Waals surface area contributed by atoms with Gasteiger partial charge >= 0.3 is 11.9 Å². The number of rotatable bonds is 6. The van der Waals surface area contributed by atoms with Crippen molar-refractivity contribution in [3.8, 4) is 11.4 Å². The molecule has 0 saturated heterocycles. The first-order valence-electron chi connectivity index (χ1n) is 9.32. The van der Waals surface area contributed by atoms with Gasteiger partial charge in [0, 0.05) is 24.2 Å². The number of nitrogens with one attached hydrogen (secondary N) is 1. The number of halogens is 3. The van der Waals surface area contributed by atoms with Crippen LogP contribution in [0.5, 0.6) is 0 Å². The quantitative estimate of drug-likeness (QED) is 0.661. The molecule has 0 unspecified atom stereocenters. The summed E-state index contributed by atoms with van der Waals surface area (Å²) in [5.41, 5.74) is -0.890. The van der Waals surface area contributed by atoms with Crippen molar-refractivity contribution >= 4 is 5.91 Å². The van der Waals surface area contributed by atoms with E-state index in [9.17, 15) is 22.8 Å². The van der Waals surface area contributed by atoms with E-state index in [1.165, 1.54) is 22.8 Å². The normalized spacial score (nSPS) is 14.1. The van der Waals surface area contributed by atoms with Gasteiger partial charge in [0.2, 0.25) is 0 Å². The topological polar surface area (TPSA) is 95.0 Å². The molecule has 1 N–H and O–H groups in total. The minimum atomic E-state index is -4.49. The number of carbonyl (C=O) groups excluding carboxylic acids is 1. The highest BCUT2D eigenvalue weighted by Crippen LogP contribution is 2.37.